The van der Waals surface area contributed by atoms with Gasteiger partial charge in [0.2, 0.25) is 0 Å². The third kappa shape index (κ3) is 5.08. The molecule has 0 unspecified atom stereocenters. The first-order valence-electron chi connectivity index (χ1n) is 8.63. The maximum atomic E-state index is 12.7. The lowest BCUT2D eigenvalue weighted by molar-refractivity contribution is -0.137. The van der Waals surface area contributed by atoms with Gasteiger partial charge in [0.25, 0.3) is 0 Å². The van der Waals surface area contributed by atoms with Gasteiger partial charge in [-0.1, -0.05) is 6.07 Å². The van der Waals surface area contributed by atoms with E-state index < -0.39 is 17.8 Å². The smallest absolute Gasteiger partial charge is 0.357 e. The molecular formula is C18H20F3N5O. The Bertz CT molecular complexity index is 819. The van der Waals surface area contributed by atoms with E-state index in [9.17, 15) is 18.0 Å². The van der Waals surface area contributed by atoms with Gasteiger partial charge in [0.15, 0.2) is 0 Å². The Morgan fingerprint density at radius 3 is 2.63 bits per heavy atom. The zero-order valence-corrected chi connectivity index (χ0v) is 14.8. The SMILES string of the molecule is Cc1cc(N2CCCC2)nc(CNC(=O)Nc2cccc(C(F)(F)F)c2)n1. The van der Waals surface area contributed by atoms with Gasteiger partial charge in [-0.05, 0) is 38.0 Å². The lowest BCUT2D eigenvalue weighted by atomic mass is 10.2. The number of aryl methyl sites for hydroxylation is 1. The number of hydrogen-bond donors (Lipinski definition) is 2. The normalized spacial score (nSPS) is 14.3. The van der Waals surface area contributed by atoms with Crippen LogP contribution in [-0.4, -0.2) is 29.1 Å². The van der Waals surface area contributed by atoms with E-state index in [0.29, 0.717) is 5.82 Å². The molecule has 0 bridgehead atoms. The molecule has 0 spiro atoms. The number of rotatable bonds is 4. The summed E-state index contributed by atoms with van der Waals surface area (Å²) in [5, 5.41) is 4.97. The second-order valence-corrected chi connectivity index (χ2v) is 6.36. The summed E-state index contributed by atoms with van der Waals surface area (Å²) in [4.78, 5) is 22.9. The van der Waals surface area contributed by atoms with Crippen molar-refractivity contribution < 1.29 is 18.0 Å². The predicted molar refractivity (Wildman–Crippen MR) is 95.5 cm³/mol. The summed E-state index contributed by atoms with van der Waals surface area (Å²) in [6.07, 6.45) is -2.22. The van der Waals surface area contributed by atoms with Crippen LogP contribution in [-0.2, 0) is 12.7 Å². The maximum absolute atomic E-state index is 12.7. The van der Waals surface area contributed by atoms with Crippen molar-refractivity contribution in [3.63, 3.8) is 0 Å². The molecule has 2 heterocycles. The molecule has 0 aliphatic carbocycles. The molecule has 1 aliphatic rings. The first-order valence-corrected chi connectivity index (χ1v) is 8.63. The van der Waals surface area contributed by atoms with Gasteiger partial charge in [-0.15, -0.1) is 0 Å². The van der Waals surface area contributed by atoms with E-state index in [2.05, 4.69) is 25.5 Å². The van der Waals surface area contributed by atoms with Crippen LogP contribution in [0.5, 0.6) is 0 Å². The summed E-state index contributed by atoms with van der Waals surface area (Å²) >= 11 is 0. The van der Waals surface area contributed by atoms with Crippen LogP contribution >= 0.6 is 0 Å². The van der Waals surface area contributed by atoms with Gasteiger partial charge in [0.1, 0.15) is 11.6 Å². The van der Waals surface area contributed by atoms with Crippen molar-refractivity contribution in [3.05, 3.63) is 47.4 Å². The fourth-order valence-electron chi connectivity index (χ4n) is 2.91. The quantitative estimate of drug-likeness (QED) is 0.849. The zero-order valence-electron chi connectivity index (χ0n) is 14.8. The average Bonchev–Trinajstić information content (AvgIpc) is 3.14. The summed E-state index contributed by atoms with van der Waals surface area (Å²) in [6.45, 7) is 3.82. The molecular weight excluding hydrogens is 359 g/mol. The van der Waals surface area contributed by atoms with E-state index in [4.69, 9.17) is 0 Å². The minimum atomic E-state index is -4.46. The molecule has 144 valence electrons. The van der Waals surface area contributed by atoms with E-state index in [0.717, 1.165) is 49.6 Å². The summed E-state index contributed by atoms with van der Waals surface area (Å²) < 4.78 is 38.2. The number of hydrogen-bond acceptors (Lipinski definition) is 4. The second kappa shape index (κ2) is 7.81. The number of anilines is 2. The molecule has 6 nitrogen and oxygen atoms in total. The van der Waals surface area contributed by atoms with Gasteiger partial charge in [-0.2, -0.15) is 13.2 Å². The number of nitrogens with one attached hydrogen (secondary N) is 2. The fraction of sp³-hybridized carbons (Fsp3) is 0.389. The van der Waals surface area contributed by atoms with Crippen molar-refractivity contribution >= 4 is 17.5 Å². The first-order chi connectivity index (χ1) is 12.8. The number of alkyl halides is 3. The highest BCUT2D eigenvalue weighted by atomic mass is 19.4. The van der Waals surface area contributed by atoms with Crippen LogP contribution in [0.25, 0.3) is 0 Å². The topological polar surface area (TPSA) is 70.2 Å². The van der Waals surface area contributed by atoms with Gasteiger partial charge in [-0.25, -0.2) is 14.8 Å². The van der Waals surface area contributed by atoms with Crippen LogP contribution in [0.2, 0.25) is 0 Å². The Kier molecular flexibility index (Phi) is 5.48. The number of halogens is 3. The van der Waals surface area contributed by atoms with Crippen molar-refractivity contribution in [1.29, 1.82) is 0 Å². The number of carbonyl (C=O) groups excluding carboxylic acids is 1. The lowest BCUT2D eigenvalue weighted by Crippen LogP contribution is -2.29. The molecule has 27 heavy (non-hydrogen) atoms. The number of aromatic nitrogens is 2. The molecule has 1 fully saturated rings. The molecule has 2 N–H and O–H groups in total. The second-order valence-electron chi connectivity index (χ2n) is 6.36. The van der Waals surface area contributed by atoms with Crippen LogP contribution in [0.15, 0.2) is 30.3 Å². The summed E-state index contributed by atoms with van der Waals surface area (Å²) in [6, 6.07) is 5.74. The Balaban J connectivity index is 1.61. The van der Waals surface area contributed by atoms with Gasteiger partial charge in [-0.3, -0.25) is 0 Å². The Hall–Kier alpha value is -2.84. The van der Waals surface area contributed by atoms with Crippen LogP contribution < -0.4 is 15.5 Å². The van der Waals surface area contributed by atoms with E-state index in [-0.39, 0.29) is 12.2 Å². The summed E-state index contributed by atoms with van der Waals surface area (Å²) in [7, 11) is 0. The van der Waals surface area contributed by atoms with E-state index in [1.54, 1.807) is 0 Å². The van der Waals surface area contributed by atoms with Crippen molar-refractivity contribution in [3.8, 4) is 0 Å². The molecule has 3 rings (SSSR count). The van der Waals surface area contributed by atoms with Crippen LogP contribution in [0, 0.1) is 6.92 Å². The highest BCUT2D eigenvalue weighted by molar-refractivity contribution is 5.89. The van der Waals surface area contributed by atoms with Gasteiger partial charge >= 0.3 is 12.2 Å². The lowest BCUT2D eigenvalue weighted by Gasteiger charge is -2.17. The van der Waals surface area contributed by atoms with E-state index in [1.165, 1.54) is 12.1 Å². The molecule has 1 aliphatic heterocycles. The molecule has 2 aromatic rings. The molecule has 9 heteroatoms. The van der Waals surface area contributed by atoms with Crippen LogP contribution in [0.1, 0.15) is 29.9 Å². The van der Waals surface area contributed by atoms with Gasteiger partial charge in [0.05, 0.1) is 12.1 Å². The Morgan fingerprint density at radius 2 is 1.93 bits per heavy atom. The molecule has 1 aromatic carbocycles. The number of carbonyl (C=O) groups is 1. The van der Waals surface area contributed by atoms with Gasteiger partial charge in [0, 0.05) is 30.5 Å². The van der Waals surface area contributed by atoms with E-state index >= 15 is 0 Å². The molecule has 0 atom stereocenters. The minimum absolute atomic E-state index is 0.0604. The van der Waals surface area contributed by atoms with Crippen molar-refractivity contribution in [1.82, 2.24) is 15.3 Å². The highest BCUT2D eigenvalue weighted by Gasteiger charge is 2.30. The molecule has 1 saturated heterocycles. The average molecular weight is 379 g/mol. The third-order valence-corrected chi connectivity index (χ3v) is 4.17. The minimum Gasteiger partial charge on any atom is -0.357 e. The number of urea groups is 1. The largest absolute Gasteiger partial charge is 0.416 e. The monoisotopic (exact) mass is 379 g/mol. The summed E-state index contributed by atoms with van der Waals surface area (Å²) in [5.41, 5.74) is 0.0322. The first kappa shape index (κ1) is 18.9. The standard InChI is InChI=1S/C18H20F3N5O/c1-12-9-16(26-7-2-3-8-26)25-15(23-12)11-22-17(27)24-14-6-4-5-13(10-14)18(19,20)21/h4-6,9-10H,2-3,7-8,11H2,1H3,(H2,22,24,27). The number of amides is 2. The van der Waals surface area contributed by atoms with Gasteiger partial charge < -0.3 is 15.5 Å². The Morgan fingerprint density at radius 1 is 1.19 bits per heavy atom. The number of nitrogens with zero attached hydrogens (tertiary/aromatic N) is 3. The van der Waals surface area contributed by atoms with Crippen molar-refractivity contribution in [2.24, 2.45) is 0 Å². The molecule has 2 amide bonds. The Labute approximate surface area is 154 Å². The molecule has 0 radical (unpaired) electrons. The van der Waals surface area contributed by atoms with E-state index in [1.807, 2.05) is 13.0 Å². The van der Waals surface area contributed by atoms with Crippen molar-refractivity contribution in [2.75, 3.05) is 23.3 Å². The predicted octanol–water partition coefficient (Wildman–Crippen LogP) is 3.73. The molecule has 1 aromatic heterocycles. The zero-order chi connectivity index (χ0) is 19.4. The number of benzene rings is 1. The van der Waals surface area contributed by atoms with Crippen molar-refractivity contribution in [2.45, 2.75) is 32.5 Å². The fourth-order valence-corrected chi connectivity index (χ4v) is 2.91. The third-order valence-electron chi connectivity index (χ3n) is 4.17. The van der Waals surface area contributed by atoms with Crippen LogP contribution in [0.4, 0.5) is 29.5 Å². The van der Waals surface area contributed by atoms with Crippen LogP contribution in [0.3, 0.4) is 0 Å². The maximum Gasteiger partial charge on any atom is 0.416 e. The summed E-state index contributed by atoms with van der Waals surface area (Å²) in [5.74, 6) is 1.28. The molecule has 0 saturated carbocycles. The highest BCUT2D eigenvalue weighted by Crippen LogP contribution is 2.30.